The van der Waals surface area contributed by atoms with Crippen molar-refractivity contribution in [3.63, 3.8) is 0 Å². The van der Waals surface area contributed by atoms with E-state index in [1.807, 2.05) is 80.6 Å². The fraction of sp³-hybridized carbons (Fsp3) is 0.242. The molecule has 0 bridgehead atoms. The van der Waals surface area contributed by atoms with E-state index in [1.54, 1.807) is 13.8 Å². The van der Waals surface area contributed by atoms with Crippen LogP contribution in [0.25, 0.3) is 21.8 Å². The third-order valence-corrected chi connectivity index (χ3v) is 9.47. The van der Waals surface area contributed by atoms with Gasteiger partial charge in [0.25, 0.3) is 0 Å². The highest BCUT2D eigenvalue weighted by molar-refractivity contribution is 7.89. The van der Waals surface area contributed by atoms with Gasteiger partial charge >= 0.3 is 0 Å². The van der Waals surface area contributed by atoms with Crippen LogP contribution in [0.4, 0.5) is 5.69 Å². The number of para-hydroxylation sites is 1. The number of aryl methyl sites for hydroxylation is 5. The van der Waals surface area contributed by atoms with Crippen molar-refractivity contribution in [3.8, 4) is 0 Å². The monoisotopic (exact) mass is 553 g/mol. The Kier molecular flexibility index (Phi) is 7.53. The molecule has 0 unspecified atom stereocenters. The van der Waals surface area contributed by atoms with Crippen LogP contribution in [-0.4, -0.2) is 29.7 Å². The summed E-state index contributed by atoms with van der Waals surface area (Å²) in [4.78, 5) is 13.7. The fourth-order valence-electron chi connectivity index (χ4n) is 5.66. The molecule has 5 rings (SSSR count). The summed E-state index contributed by atoms with van der Waals surface area (Å²) in [5.74, 6) is -0.392. The van der Waals surface area contributed by atoms with E-state index in [0.29, 0.717) is 16.8 Å². The van der Waals surface area contributed by atoms with Crippen LogP contribution in [0.1, 0.15) is 34.7 Å². The van der Waals surface area contributed by atoms with Crippen LogP contribution in [0.3, 0.4) is 0 Å². The molecule has 1 N–H and O–H groups in total. The molecule has 0 spiro atoms. The van der Waals surface area contributed by atoms with Gasteiger partial charge < -0.3 is 9.88 Å². The molecule has 1 amide bonds. The summed E-state index contributed by atoms with van der Waals surface area (Å²) < 4.78 is 31.6. The molecule has 0 saturated heterocycles. The summed E-state index contributed by atoms with van der Waals surface area (Å²) in [7, 11) is -3.97. The molecule has 40 heavy (non-hydrogen) atoms. The van der Waals surface area contributed by atoms with Crippen molar-refractivity contribution < 1.29 is 13.2 Å². The smallest absolute Gasteiger partial charge is 0.244 e. The van der Waals surface area contributed by atoms with Gasteiger partial charge in [-0.1, -0.05) is 65.7 Å². The van der Waals surface area contributed by atoms with Crippen LogP contribution < -0.4 is 5.32 Å². The Labute approximate surface area is 236 Å². The molecule has 5 aromatic rings. The van der Waals surface area contributed by atoms with Crippen molar-refractivity contribution in [1.29, 1.82) is 0 Å². The first kappa shape index (κ1) is 27.6. The number of anilines is 1. The molecule has 0 radical (unpaired) electrons. The molecular weight excluding hydrogens is 518 g/mol. The number of nitrogens with one attached hydrogen (secondary N) is 1. The standard InChI is InChI=1S/C33H35N3O3S/c1-6-36-30-10-8-7-9-28(30)29-19-27(15-16-31(29)36)34-32(37)21-35(20-26-13-11-22(2)12-14-26)40(38,39)33-24(4)17-23(3)18-25(33)5/h7-19H,6,20-21H2,1-5H3,(H,34,37). The lowest BCUT2D eigenvalue weighted by atomic mass is 10.1. The Morgan fingerprint density at radius 3 is 2.12 bits per heavy atom. The van der Waals surface area contributed by atoms with Crippen molar-refractivity contribution in [2.45, 2.75) is 52.6 Å². The summed E-state index contributed by atoms with van der Waals surface area (Å²) in [5, 5.41) is 5.12. The Morgan fingerprint density at radius 2 is 1.45 bits per heavy atom. The van der Waals surface area contributed by atoms with Gasteiger partial charge in [-0.15, -0.1) is 0 Å². The van der Waals surface area contributed by atoms with Crippen LogP contribution in [0.2, 0.25) is 0 Å². The quantitative estimate of drug-likeness (QED) is 0.228. The van der Waals surface area contributed by atoms with Crippen LogP contribution >= 0.6 is 0 Å². The zero-order valence-electron chi connectivity index (χ0n) is 23.7. The predicted octanol–water partition coefficient (Wildman–Crippen LogP) is 6.88. The number of amides is 1. The van der Waals surface area contributed by atoms with Crippen LogP contribution in [0.5, 0.6) is 0 Å². The number of hydrogen-bond acceptors (Lipinski definition) is 3. The first-order valence-electron chi connectivity index (χ1n) is 13.5. The highest BCUT2D eigenvalue weighted by Crippen LogP contribution is 2.31. The highest BCUT2D eigenvalue weighted by Gasteiger charge is 2.30. The van der Waals surface area contributed by atoms with Gasteiger partial charge in [0.1, 0.15) is 0 Å². The van der Waals surface area contributed by atoms with Gasteiger partial charge in [0.05, 0.1) is 11.4 Å². The Bertz CT molecular complexity index is 1810. The van der Waals surface area contributed by atoms with Crippen molar-refractivity contribution in [2.24, 2.45) is 0 Å². The van der Waals surface area contributed by atoms with Crippen LogP contribution in [0, 0.1) is 27.7 Å². The van der Waals surface area contributed by atoms with E-state index >= 15 is 0 Å². The maximum Gasteiger partial charge on any atom is 0.244 e. The summed E-state index contributed by atoms with van der Waals surface area (Å²) >= 11 is 0. The number of nitrogens with zero attached hydrogens (tertiary/aromatic N) is 2. The Balaban J connectivity index is 1.48. The minimum Gasteiger partial charge on any atom is -0.341 e. The molecule has 4 aromatic carbocycles. The largest absolute Gasteiger partial charge is 0.341 e. The average molecular weight is 554 g/mol. The van der Waals surface area contributed by atoms with Gasteiger partial charge in [0.15, 0.2) is 0 Å². The van der Waals surface area contributed by atoms with Gasteiger partial charge in [-0.3, -0.25) is 4.79 Å². The van der Waals surface area contributed by atoms with E-state index in [1.165, 1.54) is 4.31 Å². The van der Waals surface area contributed by atoms with Gasteiger partial charge in [0, 0.05) is 40.6 Å². The van der Waals surface area contributed by atoms with Crippen molar-refractivity contribution >= 4 is 43.4 Å². The number of sulfonamides is 1. The molecule has 0 aliphatic carbocycles. The predicted molar refractivity (Wildman–Crippen MR) is 163 cm³/mol. The first-order chi connectivity index (χ1) is 19.1. The summed E-state index contributed by atoms with van der Waals surface area (Å²) in [6, 6.07) is 25.5. The van der Waals surface area contributed by atoms with E-state index in [-0.39, 0.29) is 18.0 Å². The number of fused-ring (bicyclic) bond motifs is 3. The van der Waals surface area contributed by atoms with Gasteiger partial charge in [-0.2, -0.15) is 4.31 Å². The second-order valence-corrected chi connectivity index (χ2v) is 12.4. The lowest BCUT2D eigenvalue weighted by molar-refractivity contribution is -0.116. The molecule has 206 valence electrons. The van der Waals surface area contributed by atoms with Crippen molar-refractivity contribution in [3.05, 3.63) is 107 Å². The van der Waals surface area contributed by atoms with Crippen molar-refractivity contribution in [1.82, 2.24) is 8.87 Å². The minimum absolute atomic E-state index is 0.0891. The molecule has 0 saturated carbocycles. The number of carbonyl (C=O) groups is 1. The van der Waals surface area contributed by atoms with Gasteiger partial charge in [0.2, 0.25) is 15.9 Å². The Hall–Kier alpha value is -3.94. The number of benzene rings is 4. The topological polar surface area (TPSA) is 71.4 Å². The molecule has 1 heterocycles. The molecule has 0 atom stereocenters. The van der Waals surface area contributed by atoms with E-state index < -0.39 is 15.9 Å². The molecule has 1 aromatic heterocycles. The minimum atomic E-state index is -3.97. The lowest BCUT2D eigenvalue weighted by Crippen LogP contribution is -2.38. The van der Waals surface area contributed by atoms with Crippen LogP contribution in [0.15, 0.2) is 83.8 Å². The maximum atomic E-state index is 14.0. The van der Waals surface area contributed by atoms with E-state index in [2.05, 4.69) is 28.9 Å². The second kappa shape index (κ2) is 10.9. The Morgan fingerprint density at radius 1 is 0.800 bits per heavy atom. The number of rotatable bonds is 8. The average Bonchev–Trinajstić information content (AvgIpc) is 3.21. The second-order valence-electron chi connectivity index (χ2n) is 10.5. The van der Waals surface area contributed by atoms with Crippen LogP contribution in [-0.2, 0) is 27.9 Å². The SMILES string of the molecule is CCn1c2ccccc2c2cc(NC(=O)CN(Cc3ccc(C)cc3)S(=O)(=O)c3c(C)cc(C)cc3C)ccc21. The first-order valence-corrected chi connectivity index (χ1v) is 15.0. The normalized spacial score (nSPS) is 11.9. The van der Waals surface area contributed by atoms with E-state index in [4.69, 9.17) is 0 Å². The molecule has 6 nitrogen and oxygen atoms in total. The third-order valence-electron chi connectivity index (χ3n) is 7.37. The zero-order valence-corrected chi connectivity index (χ0v) is 24.5. The highest BCUT2D eigenvalue weighted by atomic mass is 32.2. The molecular formula is C33H35N3O3S. The number of aromatic nitrogens is 1. The lowest BCUT2D eigenvalue weighted by Gasteiger charge is -2.24. The number of hydrogen-bond donors (Lipinski definition) is 1. The fourth-order valence-corrected chi connectivity index (χ4v) is 7.45. The third kappa shape index (κ3) is 5.27. The maximum absolute atomic E-state index is 14.0. The van der Waals surface area contributed by atoms with Gasteiger partial charge in [-0.25, -0.2) is 8.42 Å². The van der Waals surface area contributed by atoms with E-state index in [0.717, 1.165) is 45.0 Å². The molecule has 0 aliphatic heterocycles. The van der Waals surface area contributed by atoms with Gasteiger partial charge in [-0.05, 0) is 75.6 Å². The van der Waals surface area contributed by atoms with E-state index in [9.17, 15) is 13.2 Å². The number of carbonyl (C=O) groups excluding carboxylic acids is 1. The zero-order chi connectivity index (χ0) is 28.6. The molecule has 0 fully saturated rings. The summed E-state index contributed by atoms with van der Waals surface area (Å²) in [6.45, 7) is 10.3. The molecule has 7 heteroatoms. The summed E-state index contributed by atoms with van der Waals surface area (Å²) in [6.07, 6.45) is 0. The molecule has 0 aliphatic rings. The summed E-state index contributed by atoms with van der Waals surface area (Å²) in [5.41, 5.74) is 7.11. The van der Waals surface area contributed by atoms with Crippen molar-refractivity contribution in [2.75, 3.05) is 11.9 Å².